The van der Waals surface area contributed by atoms with Gasteiger partial charge in [-0.1, -0.05) is 37.3 Å². The van der Waals surface area contributed by atoms with Crippen molar-refractivity contribution >= 4 is 11.4 Å². The van der Waals surface area contributed by atoms with E-state index >= 15 is 0 Å². The molecule has 2 heteroatoms. The maximum Gasteiger partial charge on any atom is 0.0456 e. The molecule has 0 fully saturated rings. The summed E-state index contributed by atoms with van der Waals surface area (Å²) >= 11 is 0. The van der Waals surface area contributed by atoms with E-state index < -0.39 is 0 Å². The standard InChI is InChI=1S/C18H24N2/c1-4-19-14-16-10-6-7-12-18(16)20(5-2)17-11-8-9-15(3)13-17/h6-13,19H,4-5,14H2,1-3H3. The summed E-state index contributed by atoms with van der Waals surface area (Å²) in [4.78, 5) is 2.37. The van der Waals surface area contributed by atoms with Crippen LogP contribution in [0.3, 0.4) is 0 Å². The Balaban J connectivity index is 2.36. The normalized spacial score (nSPS) is 10.6. The van der Waals surface area contributed by atoms with Crippen LogP contribution < -0.4 is 10.2 Å². The Morgan fingerprint density at radius 3 is 2.50 bits per heavy atom. The second-order valence-corrected chi connectivity index (χ2v) is 4.99. The van der Waals surface area contributed by atoms with Crippen LogP contribution in [0.25, 0.3) is 0 Å². The van der Waals surface area contributed by atoms with E-state index in [9.17, 15) is 0 Å². The first kappa shape index (κ1) is 14.6. The molecule has 0 aliphatic rings. The Hall–Kier alpha value is -1.80. The zero-order valence-electron chi connectivity index (χ0n) is 12.7. The van der Waals surface area contributed by atoms with Crippen molar-refractivity contribution in [1.82, 2.24) is 5.32 Å². The SMILES string of the molecule is CCNCc1ccccc1N(CC)c1cccc(C)c1. The van der Waals surface area contributed by atoms with Crippen LogP contribution in [-0.4, -0.2) is 13.1 Å². The van der Waals surface area contributed by atoms with Crippen LogP contribution in [0.4, 0.5) is 11.4 Å². The zero-order valence-corrected chi connectivity index (χ0v) is 12.7. The summed E-state index contributed by atoms with van der Waals surface area (Å²) < 4.78 is 0. The molecule has 0 saturated heterocycles. The van der Waals surface area contributed by atoms with Gasteiger partial charge >= 0.3 is 0 Å². The Morgan fingerprint density at radius 1 is 1.00 bits per heavy atom. The van der Waals surface area contributed by atoms with Crippen molar-refractivity contribution in [2.75, 3.05) is 18.0 Å². The van der Waals surface area contributed by atoms with Crippen molar-refractivity contribution < 1.29 is 0 Å². The minimum absolute atomic E-state index is 0.912. The molecule has 2 nitrogen and oxygen atoms in total. The van der Waals surface area contributed by atoms with Gasteiger partial charge in [0.2, 0.25) is 0 Å². The second kappa shape index (κ2) is 7.11. The summed E-state index contributed by atoms with van der Waals surface area (Å²) in [6.07, 6.45) is 0. The van der Waals surface area contributed by atoms with E-state index in [2.05, 4.69) is 79.5 Å². The van der Waals surface area contributed by atoms with Crippen LogP contribution >= 0.6 is 0 Å². The van der Waals surface area contributed by atoms with Crippen LogP contribution in [0.5, 0.6) is 0 Å². The van der Waals surface area contributed by atoms with Gasteiger partial charge in [0, 0.05) is 24.5 Å². The number of hydrogen-bond donors (Lipinski definition) is 1. The largest absolute Gasteiger partial charge is 0.341 e. The molecule has 0 aliphatic carbocycles. The number of rotatable bonds is 6. The van der Waals surface area contributed by atoms with Gasteiger partial charge in [0.1, 0.15) is 0 Å². The Kier molecular flexibility index (Phi) is 5.19. The molecule has 0 heterocycles. The third-order valence-electron chi connectivity index (χ3n) is 3.48. The van der Waals surface area contributed by atoms with Gasteiger partial charge in [-0.3, -0.25) is 0 Å². The van der Waals surface area contributed by atoms with Gasteiger partial charge in [0.25, 0.3) is 0 Å². The molecule has 0 bridgehead atoms. The Labute approximate surface area is 122 Å². The van der Waals surface area contributed by atoms with Crippen molar-refractivity contribution in [1.29, 1.82) is 0 Å². The van der Waals surface area contributed by atoms with Crippen molar-refractivity contribution in [3.8, 4) is 0 Å². The van der Waals surface area contributed by atoms with E-state index in [-0.39, 0.29) is 0 Å². The molecule has 0 amide bonds. The summed E-state index contributed by atoms with van der Waals surface area (Å²) in [6, 6.07) is 17.3. The van der Waals surface area contributed by atoms with Gasteiger partial charge in [0.15, 0.2) is 0 Å². The number of hydrogen-bond acceptors (Lipinski definition) is 2. The lowest BCUT2D eigenvalue weighted by molar-refractivity contribution is 0.725. The van der Waals surface area contributed by atoms with Crippen LogP contribution in [0, 0.1) is 6.92 Å². The molecule has 0 aliphatic heterocycles. The highest BCUT2D eigenvalue weighted by Gasteiger charge is 2.11. The number of nitrogens with zero attached hydrogens (tertiary/aromatic N) is 1. The third kappa shape index (κ3) is 3.40. The molecule has 0 unspecified atom stereocenters. The number of para-hydroxylation sites is 1. The van der Waals surface area contributed by atoms with Crippen molar-refractivity contribution in [2.24, 2.45) is 0 Å². The quantitative estimate of drug-likeness (QED) is 0.842. The van der Waals surface area contributed by atoms with Gasteiger partial charge in [-0.05, 0) is 49.7 Å². The first-order valence-corrected chi connectivity index (χ1v) is 7.39. The monoisotopic (exact) mass is 268 g/mol. The van der Waals surface area contributed by atoms with E-state index in [1.807, 2.05) is 0 Å². The fourth-order valence-corrected chi connectivity index (χ4v) is 2.47. The summed E-state index contributed by atoms with van der Waals surface area (Å²) in [5, 5.41) is 3.42. The van der Waals surface area contributed by atoms with Crippen molar-refractivity contribution in [2.45, 2.75) is 27.3 Å². The Morgan fingerprint density at radius 2 is 1.80 bits per heavy atom. The summed E-state index contributed by atoms with van der Waals surface area (Å²) in [6.45, 7) is 9.35. The molecule has 106 valence electrons. The fourth-order valence-electron chi connectivity index (χ4n) is 2.47. The molecule has 2 rings (SSSR count). The van der Waals surface area contributed by atoms with Gasteiger partial charge in [0.05, 0.1) is 0 Å². The molecule has 0 aromatic heterocycles. The lowest BCUT2D eigenvalue weighted by Gasteiger charge is -2.26. The van der Waals surface area contributed by atoms with E-state index in [1.54, 1.807) is 0 Å². The van der Waals surface area contributed by atoms with Crippen molar-refractivity contribution in [3.05, 3.63) is 59.7 Å². The number of anilines is 2. The molecule has 0 radical (unpaired) electrons. The van der Waals surface area contributed by atoms with Crippen LogP contribution in [0.15, 0.2) is 48.5 Å². The molecular weight excluding hydrogens is 244 g/mol. The molecule has 2 aromatic carbocycles. The smallest absolute Gasteiger partial charge is 0.0456 e. The van der Waals surface area contributed by atoms with Crippen molar-refractivity contribution in [3.63, 3.8) is 0 Å². The molecule has 2 aromatic rings. The highest BCUT2D eigenvalue weighted by atomic mass is 15.1. The first-order valence-electron chi connectivity index (χ1n) is 7.39. The minimum atomic E-state index is 0.912. The molecule has 1 N–H and O–H groups in total. The van der Waals surface area contributed by atoms with Crippen LogP contribution in [0.2, 0.25) is 0 Å². The van der Waals surface area contributed by atoms with Gasteiger partial charge in [-0.25, -0.2) is 0 Å². The number of aryl methyl sites for hydroxylation is 1. The van der Waals surface area contributed by atoms with Crippen LogP contribution in [0.1, 0.15) is 25.0 Å². The van der Waals surface area contributed by atoms with Gasteiger partial charge < -0.3 is 10.2 Å². The Bertz CT molecular complexity index is 549. The second-order valence-electron chi connectivity index (χ2n) is 4.99. The first-order chi connectivity index (χ1) is 9.76. The van der Waals surface area contributed by atoms with E-state index in [4.69, 9.17) is 0 Å². The predicted octanol–water partition coefficient (Wildman–Crippen LogP) is 4.26. The number of nitrogens with one attached hydrogen (secondary N) is 1. The number of benzene rings is 2. The maximum atomic E-state index is 3.42. The average Bonchev–Trinajstić information content (AvgIpc) is 2.47. The molecule has 0 atom stereocenters. The highest BCUT2D eigenvalue weighted by Crippen LogP contribution is 2.28. The van der Waals surface area contributed by atoms with E-state index in [1.165, 1.54) is 22.5 Å². The average molecular weight is 268 g/mol. The topological polar surface area (TPSA) is 15.3 Å². The highest BCUT2D eigenvalue weighted by molar-refractivity contribution is 5.66. The van der Waals surface area contributed by atoms with E-state index in [0.29, 0.717) is 0 Å². The summed E-state index contributed by atoms with van der Waals surface area (Å²) in [5.41, 5.74) is 5.20. The van der Waals surface area contributed by atoms with Gasteiger partial charge in [-0.2, -0.15) is 0 Å². The van der Waals surface area contributed by atoms with E-state index in [0.717, 1.165) is 19.6 Å². The third-order valence-corrected chi connectivity index (χ3v) is 3.48. The lowest BCUT2D eigenvalue weighted by atomic mass is 10.1. The molecule has 0 saturated carbocycles. The van der Waals surface area contributed by atoms with Crippen LogP contribution in [-0.2, 0) is 6.54 Å². The summed E-state index contributed by atoms with van der Waals surface area (Å²) in [5.74, 6) is 0. The molecule has 20 heavy (non-hydrogen) atoms. The zero-order chi connectivity index (χ0) is 14.4. The minimum Gasteiger partial charge on any atom is -0.341 e. The molecule has 0 spiro atoms. The maximum absolute atomic E-state index is 3.42. The predicted molar refractivity (Wildman–Crippen MR) is 87.7 cm³/mol. The fraction of sp³-hybridized carbons (Fsp3) is 0.333. The molecular formula is C18H24N2. The lowest BCUT2D eigenvalue weighted by Crippen LogP contribution is -2.20. The van der Waals surface area contributed by atoms with Gasteiger partial charge in [-0.15, -0.1) is 0 Å². The summed E-state index contributed by atoms with van der Waals surface area (Å²) in [7, 11) is 0.